The van der Waals surface area contributed by atoms with Crippen molar-refractivity contribution in [1.82, 2.24) is 10.6 Å². The van der Waals surface area contributed by atoms with Crippen LogP contribution in [0.4, 0.5) is 4.79 Å². The monoisotopic (exact) mass is 268 g/mol. The Morgan fingerprint density at radius 2 is 1.53 bits per heavy atom. The number of unbranched alkanes of at least 4 members (excludes halogenated alkanes) is 5. The van der Waals surface area contributed by atoms with E-state index in [0.717, 1.165) is 38.5 Å². The van der Waals surface area contributed by atoms with Crippen LogP contribution in [0.5, 0.6) is 0 Å². The highest BCUT2D eigenvalue weighted by Crippen LogP contribution is 2.02. The van der Waals surface area contributed by atoms with E-state index in [1.165, 1.54) is 0 Å². The summed E-state index contributed by atoms with van der Waals surface area (Å²) < 4.78 is 0. The normalized spacial score (nSPS) is 9.63. The highest BCUT2D eigenvalue weighted by Gasteiger charge is 1.99. The third-order valence-corrected chi connectivity index (χ3v) is 2.64. The van der Waals surface area contributed by atoms with Gasteiger partial charge in [0.2, 0.25) is 0 Å². The second-order valence-corrected chi connectivity index (χ2v) is 4.40. The first-order valence-corrected chi connectivity index (χ1v) is 6.83. The molecule has 19 heavy (non-hydrogen) atoms. The number of carbonyl (C=O) groups is 2. The number of carboxylic acids is 1. The Kier molecular flexibility index (Phi) is 11.6. The Morgan fingerprint density at radius 1 is 0.947 bits per heavy atom. The summed E-state index contributed by atoms with van der Waals surface area (Å²) in [4.78, 5) is 21.6. The lowest BCUT2D eigenvalue weighted by Crippen LogP contribution is -2.36. The van der Waals surface area contributed by atoms with Crippen molar-refractivity contribution in [1.29, 1.82) is 0 Å². The summed E-state index contributed by atoms with van der Waals surface area (Å²) in [6.07, 6.45) is 11.3. The van der Waals surface area contributed by atoms with Crippen LogP contribution in [-0.2, 0) is 4.79 Å². The lowest BCUT2D eigenvalue weighted by Gasteiger charge is -2.06. The molecule has 0 heterocycles. The molecule has 0 aliphatic carbocycles. The van der Waals surface area contributed by atoms with E-state index in [1.807, 2.05) is 0 Å². The van der Waals surface area contributed by atoms with E-state index in [1.54, 1.807) is 0 Å². The Hall–Kier alpha value is -1.70. The summed E-state index contributed by atoms with van der Waals surface area (Å²) in [6, 6.07) is -0.147. The molecule has 0 aromatic heterocycles. The summed E-state index contributed by atoms with van der Waals surface area (Å²) >= 11 is 0. The number of terminal acetylenes is 1. The maximum Gasteiger partial charge on any atom is 0.314 e. The first-order chi connectivity index (χ1) is 9.16. The first kappa shape index (κ1) is 17.3. The van der Waals surface area contributed by atoms with Crippen LogP contribution in [0.1, 0.15) is 51.4 Å². The van der Waals surface area contributed by atoms with Gasteiger partial charge in [-0.25, -0.2) is 4.79 Å². The number of aliphatic carboxylic acids is 1. The van der Waals surface area contributed by atoms with Gasteiger partial charge in [-0.15, -0.1) is 12.3 Å². The summed E-state index contributed by atoms with van der Waals surface area (Å²) in [5.74, 6) is 1.81. The zero-order valence-electron chi connectivity index (χ0n) is 11.4. The topological polar surface area (TPSA) is 78.4 Å². The van der Waals surface area contributed by atoms with Gasteiger partial charge in [-0.05, 0) is 25.7 Å². The molecule has 0 unspecified atom stereocenters. The fourth-order valence-corrected chi connectivity index (χ4v) is 1.57. The standard InChI is InChI=1S/C14H24N2O3/c1-2-3-4-8-11-15-14(19)16-12-9-6-5-7-10-13(17)18/h1H,3-12H2,(H,17,18)(H2,15,16,19). The van der Waals surface area contributed by atoms with E-state index in [4.69, 9.17) is 11.5 Å². The third-order valence-electron chi connectivity index (χ3n) is 2.64. The van der Waals surface area contributed by atoms with E-state index in [2.05, 4.69) is 16.6 Å². The van der Waals surface area contributed by atoms with Crippen LogP contribution in [0.15, 0.2) is 0 Å². The van der Waals surface area contributed by atoms with E-state index in [-0.39, 0.29) is 12.5 Å². The van der Waals surface area contributed by atoms with Gasteiger partial charge in [0, 0.05) is 25.9 Å². The number of hydrogen-bond acceptors (Lipinski definition) is 2. The number of urea groups is 1. The molecule has 0 spiro atoms. The number of amides is 2. The zero-order chi connectivity index (χ0) is 14.3. The molecule has 3 N–H and O–H groups in total. The van der Waals surface area contributed by atoms with E-state index < -0.39 is 5.97 Å². The summed E-state index contributed by atoms with van der Waals surface area (Å²) in [6.45, 7) is 1.27. The minimum Gasteiger partial charge on any atom is -0.481 e. The number of nitrogens with one attached hydrogen (secondary N) is 2. The van der Waals surface area contributed by atoms with Crippen molar-refractivity contribution < 1.29 is 14.7 Å². The lowest BCUT2D eigenvalue weighted by molar-refractivity contribution is -0.137. The number of carboxylic acid groups (broad SMARTS) is 1. The molecule has 0 aromatic rings. The van der Waals surface area contributed by atoms with Gasteiger partial charge in [-0.3, -0.25) is 4.79 Å². The number of hydrogen-bond donors (Lipinski definition) is 3. The Bertz CT molecular complexity index is 298. The second-order valence-electron chi connectivity index (χ2n) is 4.40. The van der Waals surface area contributed by atoms with Crippen LogP contribution in [0.3, 0.4) is 0 Å². The highest BCUT2D eigenvalue weighted by atomic mass is 16.4. The van der Waals surface area contributed by atoms with Crippen LogP contribution in [0.25, 0.3) is 0 Å². The molecule has 0 aliphatic heterocycles. The molecule has 0 rings (SSSR count). The smallest absolute Gasteiger partial charge is 0.314 e. The molecular weight excluding hydrogens is 244 g/mol. The fourth-order valence-electron chi connectivity index (χ4n) is 1.57. The molecule has 2 amide bonds. The van der Waals surface area contributed by atoms with Crippen molar-refractivity contribution in [3.05, 3.63) is 0 Å². The molecule has 0 aromatic carbocycles. The predicted octanol–water partition coefficient (Wildman–Crippen LogP) is 2.12. The lowest BCUT2D eigenvalue weighted by atomic mass is 10.1. The van der Waals surface area contributed by atoms with Gasteiger partial charge in [0.25, 0.3) is 0 Å². The summed E-state index contributed by atoms with van der Waals surface area (Å²) in [5.41, 5.74) is 0. The maximum atomic E-state index is 11.3. The maximum absolute atomic E-state index is 11.3. The molecule has 108 valence electrons. The van der Waals surface area contributed by atoms with Crippen molar-refractivity contribution in [2.24, 2.45) is 0 Å². The molecule has 0 radical (unpaired) electrons. The van der Waals surface area contributed by atoms with Gasteiger partial charge in [0.1, 0.15) is 0 Å². The van der Waals surface area contributed by atoms with Crippen LogP contribution in [-0.4, -0.2) is 30.2 Å². The minimum atomic E-state index is -0.748. The molecule has 0 saturated heterocycles. The van der Waals surface area contributed by atoms with Crippen LogP contribution in [0, 0.1) is 12.3 Å². The van der Waals surface area contributed by atoms with Gasteiger partial charge in [-0.2, -0.15) is 0 Å². The SMILES string of the molecule is C#CCCCCNC(=O)NCCCCCCC(=O)O. The van der Waals surface area contributed by atoms with E-state index in [0.29, 0.717) is 19.5 Å². The molecule has 0 bridgehead atoms. The van der Waals surface area contributed by atoms with Crippen LogP contribution in [0.2, 0.25) is 0 Å². The Labute approximate surface area is 115 Å². The predicted molar refractivity (Wildman–Crippen MR) is 74.8 cm³/mol. The van der Waals surface area contributed by atoms with Crippen molar-refractivity contribution >= 4 is 12.0 Å². The molecule has 5 heteroatoms. The largest absolute Gasteiger partial charge is 0.481 e. The summed E-state index contributed by atoms with van der Waals surface area (Å²) in [5, 5.41) is 14.0. The number of rotatable bonds is 11. The van der Waals surface area contributed by atoms with Gasteiger partial charge in [0.15, 0.2) is 0 Å². The van der Waals surface area contributed by atoms with Crippen LogP contribution >= 0.6 is 0 Å². The third kappa shape index (κ3) is 14.2. The van der Waals surface area contributed by atoms with Crippen LogP contribution < -0.4 is 10.6 Å². The second kappa shape index (κ2) is 12.7. The molecule has 5 nitrogen and oxygen atoms in total. The Balaban J connectivity index is 3.21. The summed E-state index contributed by atoms with van der Waals surface area (Å²) in [7, 11) is 0. The van der Waals surface area contributed by atoms with Gasteiger partial charge in [0.05, 0.1) is 0 Å². The van der Waals surface area contributed by atoms with E-state index in [9.17, 15) is 9.59 Å². The van der Waals surface area contributed by atoms with Crippen molar-refractivity contribution in [2.45, 2.75) is 51.4 Å². The highest BCUT2D eigenvalue weighted by molar-refractivity contribution is 5.73. The molecule has 0 atom stereocenters. The quantitative estimate of drug-likeness (QED) is 0.397. The molecular formula is C14H24N2O3. The average Bonchev–Trinajstić information content (AvgIpc) is 2.37. The molecule has 0 aliphatic rings. The van der Waals surface area contributed by atoms with Gasteiger partial charge >= 0.3 is 12.0 Å². The minimum absolute atomic E-state index is 0.147. The Morgan fingerprint density at radius 3 is 2.11 bits per heavy atom. The number of carbonyl (C=O) groups excluding carboxylic acids is 1. The molecule has 0 saturated carbocycles. The average molecular weight is 268 g/mol. The zero-order valence-corrected chi connectivity index (χ0v) is 11.4. The van der Waals surface area contributed by atoms with E-state index >= 15 is 0 Å². The van der Waals surface area contributed by atoms with Gasteiger partial charge < -0.3 is 15.7 Å². The fraction of sp³-hybridized carbons (Fsp3) is 0.714. The van der Waals surface area contributed by atoms with Crippen molar-refractivity contribution in [3.8, 4) is 12.3 Å². The first-order valence-electron chi connectivity index (χ1n) is 6.83. The van der Waals surface area contributed by atoms with Gasteiger partial charge in [-0.1, -0.05) is 12.8 Å². The van der Waals surface area contributed by atoms with Crippen molar-refractivity contribution in [2.75, 3.05) is 13.1 Å². The van der Waals surface area contributed by atoms with Crippen molar-refractivity contribution in [3.63, 3.8) is 0 Å². The molecule has 0 fully saturated rings.